The Morgan fingerprint density at radius 2 is 2.18 bits per heavy atom. The average molecular weight is 262 g/mol. The Kier molecular flexibility index (Phi) is 3.05. The first-order chi connectivity index (χ1) is 7.91. The fraction of sp³-hybridized carbons (Fsp3) is 0.364. The van der Waals surface area contributed by atoms with Crippen molar-refractivity contribution in [3.8, 4) is 0 Å². The first-order valence-electron chi connectivity index (χ1n) is 5.02. The number of hydrogen-bond acceptors (Lipinski definition) is 2. The van der Waals surface area contributed by atoms with Gasteiger partial charge in [0.1, 0.15) is 6.10 Å². The van der Waals surface area contributed by atoms with Gasteiger partial charge in [0, 0.05) is 5.02 Å². The van der Waals surface area contributed by atoms with Crippen molar-refractivity contribution >= 4 is 17.5 Å². The summed E-state index contributed by atoms with van der Waals surface area (Å²) < 4.78 is 26.2. The largest absolute Gasteiger partial charge is 0.384 e. The summed E-state index contributed by atoms with van der Waals surface area (Å²) in [6, 6.07) is 5.65. The van der Waals surface area contributed by atoms with Gasteiger partial charge in [-0.15, -0.1) is 0 Å². The van der Waals surface area contributed by atoms with Crippen LogP contribution in [-0.4, -0.2) is 29.1 Å². The summed E-state index contributed by atoms with van der Waals surface area (Å²) in [5, 5.41) is 11.9. The van der Waals surface area contributed by atoms with E-state index in [4.69, 9.17) is 11.6 Å². The fourth-order valence-electron chi connectivity index (χ4n) is 1.81. The molecule has 1 fully saturated rings. The maximum Gasteiger partial charge on any atom is 0.351 e. The maximum absolute atomic E-state index is 13.1. The smallest absolute Gasteiger partial charge is 0.351 e. The molecule has 2 atom stereocenters. The Morgan fingerprint density at radius 1 is 1.47 bits per heavy atom. The molecule has 1 aliphatic heterocycles. The first kappa shape index (κ1) is 12.3. The molecular weight excluding hydrogens is 252 g/mol. The van der Waals surface area contributed by atoms with E-state index in [0.29, 0.717) is 10.6 Å². The minimum atomic E-state index is -3.72. The predicted molar refractivity (Wildman–Crippen MR) is 58.0 cm³/mol. The zero-order valence-corrected chi connectivity index (χ0v) is 9.42. The van der Waals surface area contributed by atoms with Crippen LogP contribution in [0.4, 0.5) is 8.78 Å². The van der Waals surface area contributed by atoms with E-state index < -0.39 is 24.0 Å². The van der Waals surface area contributed by atoms with E-state index in [1.807, 2.05) is 0 Å². The number of aliphatic hydroxyl groups is 1. The number of nitrogens with one attached hydrogen (secondary N) is 1. The number of amides is 1. The normalized spacial score (nSPS) is 26.9. The first-order valence-corrected chi connectivity index (χ1v) is 5.40. The zero-order valence-electron chi connectivity index (χ0n) is 8.66. The second-order valence-electron chi connectivity index (χ2n) is 3.98. The summed E-state index contributed by atoms with van der Waals surface area (Å²) in [4.78, 5) is 10.9. The third kappa shape index (κ3) is 2.25. The molecule has 1 aliphatic rings. The van der Waals surface area contributed by atoms with E-state index in [0.717, 1.165) is 0 Å². The van der Waals surface area contributed by atoms with Gasteiger partial charge in [0.2, 0.25) is 0 Å². The summed E-state index contributed by atoms with van der Waals surface area (Å²) in [7, 11) is 0. The molecule has 0 spiro atoms. The maximum atomic E-state index is 13.1. The van der Waals surface area contributed by atoms with Crippen molar-refractivity contribution in [3.63, 3.8) is 0 Å². The van der Waals surface area contributed by atoms with Crippen molar-refractivity contribution in [2.75, 3.05) is 0 Å². The minimum absolute atomic E-state index is 0.114. The van der Waals surface area contributed by atoms with Crippen LogP contribution in [0, 0.1) is 0 Å². The SMILES string of the molecule is O=C1N[C@@H](Cc2cccc(Cl)c2)C(O)C1(F)F. The molecule has 0 aromatic heterocycles. The molecule has 6 heteroatoms. The van der Waals surface area contributed by atoms with Gasteiger partial charge in [0.25, 0.3) is 5.91 Å². The van der Waals surface area contributed by atoms with Gasteiger partial charge in [0.15, 0.2) is 0 Å². The molecule has 0 aliphatic carbocycles. The van der Waals surface area contributed by atoms with Crippen LogP contribution >= 0.6 is 11.6 Å². The zero-order chi connectivity index (χ0) is 12.6. The Hall–Kier alpha value is -1.20. The third-order valence-electron chi connectivity index (χ3n) is 2.72. The van der Waals surface area contributed by atoms with Crippen molar-refractivity contribution in [1.82, 2.24) is 5.32 Å². The molecule has 1 heterocycles. The molecule has 2 rings (SSSR count). The molecule has 2 N–H and O–H groups in total. The van der Waals surface area contributed by atoms with Gasteiger partial charge < -0.3 is 10.4 Å². The molecule has 1 aromatic rings. The molecule has 3 nitrogen and oxygen atoms in total. The molecule has 1 saturated heterocycles. The highest BCUT2D eigenvalue weighted by molar-refractivity contribution is 6.30. The van der Waals surface area contributed by atoms with Crippen molar-refractivity contribution in [3.05, 3.63) is 34.9 Å². The van der Waals surface area contributed by atoms with E-state index in [1.54, 1.807) is 24.3 Å². The molecule has 0 bridgehead atoms. The summed E-state index contributed by atoms with van der Waals surface area (Å²) in [6.45, 7) is 0. The molecule has 1 amide bonds. The average Bonchev–Trinajstić information content (AvgIpc) is 2.43. The summed E-state index contributed by atoms with van der Waals surface area (Å²) in [6.07, 6.45) is -1.89. The van der Waals surface area contributed by atoms with E-state index in [1.165, 1.54) is 0 Å². The Morgan fingerprint density at radius 3 is 2.71 bits per heavy atom. The molecule has 0 saturated carbocycles. The van der Waals surface area contributed by atoms with Crippen LogP contribution in [0.15, 0.2) is 24.3 Å². The second-order valence-corrected chi connectivity index (χ2v) is 4.42. The third-order valence-corrected chi connectivity index (χ3v) is 2.95. The number of alkyl halides is 2. The molecule has 1 aromatic carbocycles. The lowest BCUT2D eigenvalue weighted by Gasteiger charge is -2.16. The topological polar surface area (TPSA) is 49.3 Å². The number of benzene rings is 1. The fourth-order valence-corrected chi connectivity index (χ4v) is 2.02. The standard InChI is InChI=1S/C11H10ClF2NO2/c12-7-3-1-2-6(4-7)5-8-9(16)11(13,14)10(17)15-8/h1-4,8-9,16H,5H2,(H,15,17)/t8-,9?/m0/s1. The van der Waals surface area contributed by atoms with Crippen molar-refractivity contribution in [1.29, 1.82) is 0 Å². The number of aliphatic hydroxyl groups excluding tert-OH is 1. The van der Waals surface area contributed by atoms with Crippen LogP contribution in [-0.2, 0) is 11.2 Å². The Bertz CT molecular complexity index is 453. The van der Waals surface area contributed by atoms with E-state index in [9.17, 15) is 18.7 Å². The predicted octanol–water partition coefficient (Wildman–Crippen LogP) is 1.38. The number of rotatable bonds is 2. The van der Waals surface area contributed by atoms with E-state index in [2.05, 4.69) is 5.32 Å². The summed E-state index contributed by atoms with van der Waals surface area (Å²) >= 11 is 5.75. The monoisotopic (exact) mass is 261 g/mol. The molecule has 1 unspecified atom stereocenters. The lowest BCUT2D eigenvalue weighted by atomic mass is 10.0. The van der Waals surface area contributed by atoms with Crippen molar-refractivity contribution < 1.29 is 18.7 Å². The lowest BCUT2D eigenvalue weighted by molar-refractivity contribution is -0.150. The van der Waals surface area contributed by atoms with Crippen LogP contribution in [0.1, 0.15) is 5.56 Å². The van der Waals surface area contributed by atoms with Gasteiger partial charge in [-0.2, -0.15) is 8.78 Å². The van der Waals surface area contributed by atoms with E-state index >= 15 is 0 Å². The van der Waals surface area contributed by atoms with Crippen LogP contribution in [0.3, 0.4) is 0 Å². The van der Waals surface area contributed by atoms with Crippen molar-refractivity contribution in [2.45, 2.75) is 24.5 Å². The van der Waals surface area contributed by atoms with Gasteiger partial charge in [-0.3, -0.25) is 4.79 Å². The number of hydrogen-bond donors (Lipinski definition) is 2. The van der Waals surface area contributed by atoms with Gasteiger partial charge in [0.05, 0.1) is 6.04 Å². The summed E-state index contributed by atoms with van der Waals surface area (Å²) in [5.74, 6) is -5.15. The van der Waals surface area contributed by atoms with Gasteiger partial charge in [-0.25, -0.2) is 0 Å². The van der Waals surface area contributed by atoms with Gasteiger partial charge in [-0.05, 0) is 24.1 Å². The van der Waals surface area contributed by atoms with Gasteiger partial charge in [-0.1, -0.05) is 23.7 Å². The van der Waals surface area contributed by atoms with Crippen LogP contribution < -0.4 is 5.32 Å². The molecule has 0 radical (unpaired) electrons. The van der Waals surface area contributed by atoms with Crippen LogP contribution in [0.5, 0.6) is 0 Å². The van der Waals surface area contributed by atoms with Crippen molar-refractivity contribution in [2.24, 2.45) is 0 Å². The molecular formula is C11H10ClF2NO2. The second kappa shape index (κ2) is 4.23. The number of carbonyl (C=O) groups excluding carboxylic acids is 1. The Balaban J connectivity index is 2.14. The summed E-state index contributed by atoms with van der Waals surface area (Å²) in [5.41, 5.74) is 0.680. The molecule has 17 heavy (non-hydrogen) atoms. The minimum Gasteiger partial charge on any atom is -0.384 e. The highest BCUT2D eigenvalue weighted by Gasteiger charge is 2.56. The highest BCUT2D eigenvalue weighted by Crippen LogP contribution is 2.29. The van der Waals surface area contributed by atoms with E-state index in [-0.39, 0.29) is 6.42 Å². The number of carbonyl (C=O) groups is 1. The number of halogens is 3. The van der Waals surface area contributed by atoms with Crippen LogP contribution in [0.2, 0.25) is 5.02 Å². The lowest BCUT2D eigenvalue weighted by Crippen LogP contribution is -2.38. The molecule has 92 valence electrons. The highest BCUT2D eigenvalue weighted by atomic mass is 35.5. The van der Waals surface area contributed by atoms with Gasteiger partial charge >= 0.3 is 5.92 Å². The van der Waals surface area contributed by atoms with Crippen LogP contribution in [0.25, 0.3) is 0 Å². The Labute approximate surface area is 101 Å². The quantitative estimate of drug-likeness (QED) is 0.845.